The molecule has 6 aromatic rings. The Morgan fingerprint density at radius 2 is 1.64 bits per heavy atom. The lowest BCUT2D eigenvalue weighted by molar-refractivity contribution is -0.113. The lowest BCUT2D eigenvalue weighted by Gasteiger charge is -2.05. The molecule has 0 radical (unpaired) electrons. The number of aryl methyl sites for hydroxylation is 1. The Morgan fingerprint density at radius 3 is 2.38 bits per heavy atom. The van der Waals surface area contributed by atoms with Gasteiger partial charge in [-0.2, -0.15) is 5.10 Å². The predicted molar refractivity (Wildman–Crippen MR) is 173 cm³/mol. The second kappa shape index (κ2) is 13.4. The average Bonchev–Trinajstić information content (AvgIpc) is 3.72. The third-order valence-electron chi connectivity index (χ3n) is 6.77. The van der Waals surface area contributed by atoms with Crippen LogP contribution >= 0.6 is 11.8 Å². The van der Waals surface area contributed by atoms with Crippen molar-refractivity contribution in [3.05, 3.63) is 138 Å². The number of benzene rings is 4. The number of hydrogen-bond donors (Lipinski definition) is 1. The molecule has 0 saturated carbocycles. The minimum atomic E-state index is -0.354. The molecule has 0 fully saturated rings. The molecule has 45 heavy (non-hydrogen) atoms. The number of rotatable bonds is 10. The van der Waals surface area contributed by atoms with Gasteiger partial charge in [-0.25, -0.2) is 9.07 Å². The van der Waals surface area contributed by atoms with E-state index in [1.165, 1.54) is 18.2 Å². The Morgan fingerprint density at radius 1 is 0.911 bits per heavy atom. The monoisotopic (exact) mass is 615 g/mol. The van der Waals surface area contributed by atoms with Gasteiger partial charge in [-0.05, 0) is 79.2 Å². The van der Waals surface area contributed by atoms with Crippen molar-refractivity contribution < 1.29 is 18.4 Å². The van der Waals surface area contributed by atoms with Crippen molar-refractivity contribution in [3.8, 4) is 28.4 Å². The summed E-state index contributed by atoms with van der Waals surface area (Å²) in [5.41, 5.74) is 5.79. The third kappa shape index (κ3) is 7.31. The summed E-state index contributed by atoms with van der Waals surface area (Å²) in [5.74, 6) is -0.519. The molecule has 8 nitrogen and oxygen atoms in total. The quantitative estimate of drug-likeness (QED) is 0.0959. The molecule has 10 heteroatoms. The highest BCUT2D eigenvalue weighted by Crippen LogP contribution is 2.33. The molecule has 0 atom stereocenters. The Kier molecular flexibility index (Phi) is 8.74. The smallest absolute Gasteiger partial charge is 0.277 e. The van der Waals surface area contributed by atoms with Crippen molar-refractivity contribution in [3.63, 3.8) is 0 Å². The van der Waals surface area contributed by atoms with Crippen molar-refractivity contribution in [2.45, 2.75) is 12.1 Å². The number of thioether (sulfide) groups is 1. The Balaban J connectivity index is 1.09. The summed E-state index contributed by atoms with van der Waals surface area (Å²) in [7, 11) is 0. The largest absolute Gasteiger partial charge is 0.411 e. The number of hydrogen-bond acceptors (Lipinski definition) is 7. The summed E-state index contributed by atoms with van der Waals surface area (Å²) in [5, 5.41) is 16.0. The first-order valence-corrected chi connectivity index (χ1v) is 15.0. The molecule has 2 heterocycles. The van der Waals surface area contributed by atoms with Crippen LogP contribution in [0.4, 0.5) is 10.1 Å². The fourth-order valence-electron chi connectivity index (χ4n) is 4.43. The van der Waals surface area contributed by atoms with Crippen LogP contribution in [0.1, 0.15) is 21.5 Å². The summed E-state index contributed by atoms with van der Waals surface area (Å²) in [6, 6.07) is 30.1. The van der Waals surface area contributed by atoms with Gasteiger partial charge in [0.15, 0.2) is 5.78 Å². The minimum Gasteiger partial charge on any atom is -0.411 e. The van der Waals surface area contributed by atoms with Crippen LogP contribution in [0.2, 0.25) is 0 Å². The number of carbonyl (C=O) groups excluding carboxylic acids is 2. The van der Waals surface area contributed by atoms with Gasteiger partial charge >= 0.3 is 0 Å². The van der Waals surface area contributed by atoms with Crippen LogP contribution in [0, 0.1) is 12.7 Å². The number of aromatic nitrogens is 4. The van der Waals surface area contributed by atoms with Gasteiger partial charge in [0, 0.05) is 23.0 Å². The van der Waals surface area contributed by atoms with Gasteiger partial charge in [0.1, 0.15) is 11.5 Å². The average molecular weight is 616 g/mol. The van der Waals surface area contributed by atoms with Crippen LogP contribution in [0.25, 0.3) is 34.5 Å². The topological polar surface area (TPSA) is 103 Å². The number of nitrogens with zero attached hydrogens (tertiary/aromatic N) is 4. The van der Waals surface area contributed by atoms with Crippen LogP contribution in [0.5, 0.6) is 0 Å². The molecule has 222 valence electrons. The number of halogens is 1. The maximum atomic E-state index is 13.6. The summed E-state index contributed by atoms with van der Waals surface area (Å²) < 4.78 is 21.2. The predicted octanol–water partition coefficient (Wildman–Crippen LogP) is 7.66. The Hall–Kier alpha value is -5.61. The molecule has 1 amide bonds. The summed E-state index contributed by atoms with van der Waals surface area (Å²) in [6.45, 7) is 2.01. The molecule has 0 aliphatic carbocycles. The zero-order valence-corrected chi connectivity index (χ0v) is 24.9. The lowest BCUT2D eigenvalue weighted by atomic mass is 10.1. The van der Waals surface area contributed by atoms with E-state index in [1.54, 1.807) is 53.4 Å². The van der Waals surface area contributed by atoms with Crippen LogP contribution in [-0.2, 0) is 4.79 Å². The maximum Gasteiger partial charge on any atom is 0.277 e. The second-order valence-electron chi connectivity index (χ2n) is 10.1. The van der Waals surface area contributed by atoms with Crippen molar-refractivity contribution in [2.24, 2.45) is 0 Å². The molecular weight excluding hydrogens is 589 g/mol. The van der Waals surface area contributed by atoms with E-state index in [0.717, 1.165) is 28.6 Å². The Bertz CT molecular complexity index is 1970. The molecule has 0 aliphatic heterocycles. The van der Waals surface area contributed by atoms with Gasteiger partial charge in [0.2, 0.25) is 5.91 Å². The van der Waals surface area contributed by atoms with Crippen molar-refractivity contribution in [1.82, 2.24) is 20.0 Å². The molecule has 0 unspecified atom stereocenters. The van der Waals surface area contributed by atoms with Gasteiger partial charge < -0.3 is 9.73 Å². The molecule has 1 N–H and O–H groups in total. The van der Waals surface area contributed by atoms with E-state index in [9.17, 15) is 14.0 Å². The van der Waals surface area contributed by atoms with Gasteiger partial charge in [0.05, 0.1) is 17.0 Å². The van der Waals surface area contributed by atoms with Crippen LogP contribution in [-0.4, -0.2) is 37.4 Å². The SMILES string of the molecule is Cc1ccc(/C=C/C(=O)c2ccc(NC(=O)CSc3nnc(-c4cn(-c5ccccc5)nc4-c4ccc(F)cc4)o3)cc2)cc1. The summed E-state index contributed by atoms with van der Waals surface area (Å²) in [6.07, 6.45) is 5.08. The van der Waals surface area contributed by atoms with E-state index in [0.29, 0.717) is 28.1 Å². The van der Waals surface area contributed by atoms with E-state index >= 15 is 0 Å². The molecule has 6 rings (SSSR count). The second-order valence-corrected chi connectivity index (χ2v) is 11.0. The standard InChI is InChI=1S/C35H26FN5O3S/c1-23-7-9-24(10-8-23)11-20-31(42)25-14-18-28(19-15-25)37-32(43)22-45-35-39-38-34(44-35)30-21-41(29-5-3-2-4-6-29)40-33(30)26-12-16-27(36)17-13-26/h2-21H,22H2,1H3,(H,37,43)/b20-11+. The van der Waals surface area contributed by atoms with E-state index in [-0.39, 0.29) is 34.4 Å². The fraction of sp³-hybridized carbons (Fsp3) is 0.0571. The highest BCUT2D eigenvalue weighted by Gasteiger charge is 2.20. The number of amides is 1. The molecular formula is C35H26FN5O3S. The Labute approximate surface area is 262 Å². The summed E-state index contributed by atoms with van der Waals surface area (Å²) >= 11 is 1.09. The first-order valence-electron chi connectivity index (χ1n) is 14.0. The molecule has 0 saturated heterocycles. The van der Waals surface area contributed by atoms with Crippen molar-refractivity contribution >= 4 is 35.2 Å². The molecule has 4 aromatic carbocycles. The number of ketones is 1. The van der Waals surface area contributed by atoms with Crippen LogP contribution in [0.15, 0.2) is 125 Å². The van der Waals surface area contributed by atoms with Gasteiger partial charge in [-0.1, -0.05) is 65.9 Å². The normalized spacial score (nSPS) is 11.2. The fourth-order valence-corrected chi connectivity index (χ4v) is 4.99. The zero-order chi connectivity index (χ0) is 31.2. The van der Waals surface area contributed by atoms with E-state index < -0.39 is 0 Å². The minimum absolute atomic E-state index is 0.0235. The number of carbonyl (C=O) groups is 2. The van der Waals surface area contributed by atoms with E-state index in [4.69, 9.17) is 9.52 Å². The van der Waals surface area contributed by atoms with Gasteiger partial charge in [0.25, 0.3) is 11.1 Å². The van der Waals surface area contributed by atoms with E-state index in [1.807, 2.05) is 61.5 Å². The third-order valence-corrected chi connectivity index (χ3v) is 7.59. The zero-order valence-electron chi connectivity index (χ0n) is 24.1. The van der Waals surface area contributed by atoms with Crippen molar-refractivity contribution in [1.29, 1.82) is 0 Å². The van der Waals surface area contributed by atoms with Crippen molar-refractivity contribution in [2.75, 3.05) is 11.1 Å². The number of para-hydroxylation sites is 1. The molecule has 0 spiro atoms. The number of nitrogens with one attached hydrogen (secondary N) is 1. The first kappa shape index (κ1) is 29.5. The van der Waals surface area contributed by atoms with Crippen LogP contribution in [0.3, 0.4) is 0 Å². The van der Waals surface area contributed by atoms with Crippen LogP contribution < -0.4 is 5.32 Å². The number of anilines is 1. The van der Waals surface area contributed by atoms with Gasteiger partial charge in [-0.3, -0.25) is 9.59 Å². The molecule has 2 aromatic heterocycles. The van der Waals surface area contributed by atoms with Gasteiger partial charge in [-0.15, -0.1) is 10.2 Å². The van der Waals surface area contributed by atoms with E-state index in [2.05, 4.69) is 15.5 Å². The summed E-state index contributed by atoms with van der Waals surface area (Å²) in [4.78, 5) is 25.2. The molecule has 0 aliphatic rings. The first-order chi connectivity index (χ1) is 21.9. The highest BCUT2D eigenvalue weighted by atomic mass is 32.2. The number of allylic oxidation sites excluding steroid dienone is 1. The maximum absolute atomic E-state index is 13.6. The molecule has 0 bridgehead atoms. The lowest BCUT2D eigenvalue weighted by Crippen LogP contribution is -2.14. The highest BCUT2D eigenvalue weighted by molar-refractivity contribution is 7.99.